The van der Waals surface area contributed by atoms with Crippen LogP contribution in [0.4, 0.5) is 17.6 Å². The molecule has 182 valence electrons. The van der Waals surface area contributed by atoms with Crippen molar-refractivity contribution in [1.29, 1.82) is 0 Å². The number of nitrogens with zero attached hydrogens (tertiary/aromatic N) is 4. The number of imidazole rings is 1. The number of carboxylic acids is 1. The van der Waals surface area contributed by atoms with Gasteiger partial charge in [-0.3, -0.25) is 13.9 Å². The Morgan fingerprint density at radius 3 is 2.46 bits per heavy atom. The van der Waals surface area contributed by atoms with E-state index in [4.69, 9.17) is 0 Å². The first kappa shape index (κ1) is 23.9. The van der Waals surface area contributed by atoms with E-state index in [1.165, 1.54) is 12.1 Å². The lowest BCUT2D eigenvalue weighted by molar-refractivity contribution is -0.140. The summed E-state index contributed by atoms with van der Waals surface area (Å²) in [6.45, 7) is 3.35. The number of aromatic carboxylic acids is 1. The molecule has 0 radical (unpaired) electrons. The maximum Gasteiger partial charge on any atom is 0.419 e. The van der Waals surface area contributed by atoms with E-state index >= 15 is 0 Å². The lowest BCUT2D eigenvalue weighted by Crippen LogP contribution is -2.42. The fraction of sp³-hybridized carbons (Fsp3) is 0.217. The molecule has 2 aromatic heterocycles. The molecule has 12 heteroatoms. The van der Waals surface area contributed by atoms with Gasteiger partial charge in [0.15, 0.2) is 0 Å². The highest BCUT2D eigenvalue weighted by atomic mass is 19.4. The van der Waals surface area contributed by atoms with Crippen LogP contribution >= 0.6 is 0 Å². The van der Waals surface area contributed by atoms with Gasteiger partial charge >= 0.3 is 17.8 Å². The topological polar surface area (TPSA) is 99.1 Å². The average molecular weight is 490 g/mol. The van der Waals surface area contributed by atoms with Crippen molar-refractivity contribution in [2.45, 2.75) is 33.1 Å². The van der Waals surface area contributed by atoms with Crippen molar-refractivity contribution in [3.05, 3.63) is 91.8 Å². The second-order valence-electron chi connectivity index (χ2n) is 7.74. The fourth-order valence-electron chi connectivity index (χ4n) is 4.05. The van der Waals surface area contributed by atoms with E-state index in [0.29, 0.717) is 28.5 Å². The molecule has 4 aromatic rings. The Hall–Kier alpha value is -4.22. The lowest BCUT2D eigenvalue weighted by Gasteiger charge is -2.16. The molecule has 0 saturated carbocycles. The number of benzene rings is 2. The van der Waals surface area contributed by atoms with Crippen molar-refractivity contribution < 1.29 is 27.5 Å². The third-order valence-electron chi connectivity index (χ3n) is 5.63. The summed E-state index contributed by atoms with van der Waals surface area (Å²) >= 11 is 0. The van der Waals surface area contributed by atoms with Crippen LogP contribution < -0.4 is 11.2 Å². The van der Waals surface area contributed by atoms with Gasteiger partial charge in [-0.2, -0.15) is 13.2 Å². The molecule has 0 amide bonds. The maximum absolute atomic E-state index is 14.0. The summed E-state index contributed by atoms with van der Waals surface area (Å²) in [5.74, 6) is -2.56. The molecular formula is C23H18F4N4O4. The Kier molecular flexibility index (Phi) is 5.83. The minimum Gasteiger partial charge on any atom is -0.477 e. The Balaban J connectivity index is 1.95. The third kappa shape index (κ3) is 4.11. The average Bonchev–Trinajstić information content (AvgIpc) is 3.09. The normalized spacial score (nSPS) is 11.8. The monoisotopic (exact) mass is 490 g/mol. The molecule has 0 aliphatic rings. The lowest BCUT2D eigenvalue weighted by atomic mass is 10.1. The summed E-state index contributed by atoms with van der Waals surface area (Å²) in [7, 11) is 0. The molecule has 0 atom stereocenters. The quantitative estimate of drug-likeness (QED) is 0.431. The molecule has 4 rings (SSSR count). The minimum absolute atomic E-state index is 0.148. The second kappa shape index (κ2) is 8.53. The Morgan fingerprint density at radius 1 is 1.11 bits per heavy atom. The zero-order chi connectivity index (χ0) is 25.7. The number of aromatic nitrogens is 4. The minimum atomic E-state index is -5.10. The van der Waals surface area contributed by atoms with Crippen LogP contribution in [0.1, 0.15) is 34.2 Å². The van der Waals surface area contributed by atoms with Gasteiger partial charge in [-0.1, -0.05) is 12.1 Å². The summed E-state index contributed by atoms with van der Waals surface area (Å²) in [5, 5.41) is 9.51. The Bertz CT molecular complexity index is 1600. The van der Waals surface area contributed by atoms with Gasteiger partial charge in [0.25, 0.3) is 5.56 Å². The van der Waals surface area contributed by atoms with Gasteiger partial charge in [0, 0.05) is 12.7 Å². The first-order valence-electron chi connectivity index (χ1n) is 10.4. The van der Waals surface area contributed by atoms with Gasteiger partial charge in [0.1, 0.15) is 17.2 Å². The maximum atomic E-state index is 14.0. The van der Waals surface area contributed by atoms with E-state index in [-0.39, 0.29) is 5.69 Å². The smallest absolute Gasteiger partial charge is 0.419 e. The number of hydrogen-bond donors (Lipinski definition) is 1. The van der Waals surface area contributed by atoms with Crippen LogP contribution in [0.3, 0.4) is 0 Å². The molecule has 0 bridgehead atoms. The number of fused-ring (bicyclic) bond motifs is 1. The van der Waals surface area contributed by atoms with Gasteiger partial charge in [-0.05, 0) is 43.7 Å². The number of rotatable bonds is 5. The first-order valence-corrected chi connectivity index (χ1v) is 10.4. The molecule has 0 aliphatic heterocycles. The van der Waals surface area contributed by atoms with Crippen LogP contribution in [0.5, 0.6) is 0 Å². The molecule has 0 spiro atoms. The highest BCUT2D eigenvalue weighted by Gasteiger charge is 2.37. The van der Waals surface area contributed by atoms with Crippen molar-refractivity contribution in [3.63, 3.8) is 0 Å². The molecular weight excluding hydrogens is 472 g/mol. The fourth-order valence-corrected chi connectivity index (χ4v) is 4.05. The molecule has 0 aliphatic carbocycles. The Labute approximate surface area is 194 Å². The van der Waals surface area contributed by atoms with Gasteiger partial charge in [0.05, 0.1) is 28.8 Å². The molecule has 0 saturated heterocycles. The van der Waals surface area contributed by atoms with Crippen molar-refractivity contribution in [2.24, 2.45) is 0 Å². The molecule has 1 N–H and O–H groups in total. The summed E-state index contributed by atoms with van der Waals surface area (Å²) in [5.41, 5.74) is -4.19. The summed E-state index contributed by atoms with van der Waals surface area (Å²) < 4.78 is 57.5. The molecule has 0 fully saturated rings. The third-order valence-corrected chi connectivity index (χ3v) is 5.63. The van der Waals surface area contributed by atoms with E-state index in [1.54, 1.807) is 13.0 Å². The van der Waals surface area contributed by atoms with Crippen LogP contribution in [0.25, 0.3) is 16.7 Å². The SMILES string of the molecule is CCn1c(C)nc2cc(-n3cc(C(=O)O)c(=O)n(Cc4cccc(F)c4C(F)(F)F)c3=O)ccc21. The molecule has 35 heavy (non-hydrogen) atoms. The van der Waals surface area contributed by atoms with Crippen LogP contribution in [-0.4, -0.2) is 29.8 Å². The van der Waals surface area contributed by atoms with Gasteiger partial charge in [-0.15, -0.1) is 0 Å². The Morgan fingerprint density at radius 2 is 1.83 bits per heavy atom. The van der Waals surface area contributed by atoms with E-state index in [1.807, 2.05) is 11.5 Å². The highest BCUT2D eigenvalue weighted by Crippen LogP contribution is 2.34. The predicted octanol–water partition coefficient (Wildman–Crippen LogP) is 3.58. The van der Waals surface area contributed by atoms with Gasteiger partial charge in [0.2, 0.25) is 0 Å². The first-order chi connectivity index (χ1) is 16.4. The summed E-state index contributed by atoms with van der Waals surface area (Å²) in [6, 6.07) is 7.19. The molecule has 2 heterocycles. The summed E-state index contributed by atoms with van der Waals surface area (Å²) in [4.78, 5) is 42.1. The summed E-state index contributed by atoms with van der Waals surface area (Å²) in [6.07, 6.45) is -4.29. The predicted molar refractivity (Wildman–Crippen MR) is 117 cm³/mol. The number of alkyl halides is 3. The second-order valence-corrected chi connectivity index (χ2v) is 7.74. The van der Waals surface area contributed by atoms with Crippen LogP contribution in [0, 0.1) is 12.7 Å². The standard InChI is InChI=1S/C23H18F4N4O4/c1-3-29-12(2)28-17-9-14(7-8-18(17)29)30-11-15(21(33)34)20(32)31(22(30)35)10-13-5-4-6-16(24)19(13)23(25,26)27/h4-9,11H,3,10H2,1-2H3,(H,33,34). The molecule has 8 nitrogen and oxygen atoms in total. The van der Waals surface area contributed by atoms with Crippen molar-refractivity contribution in [3.8, 4) is 5.69 Å². The zero-order valence-corrected chi connectivity index (χ0v) is 18.4. The number of carboxylic acid groups (broad SMARTS) is 1. The van der Waals surface area contributed by atoms with E-state index in [9.17, 15) is 37.1 Å². The number of hydrogen-bond acceptors (Lipinski definition) is 4. The van der Waals surface area contributed by atoms with Gasteiger partial charge in [-0.25, -0.2) is 19.0 Å². The van der Waals surface area contributed by atoms with E-state index in [2.05, 4.69) is 4.98 Å². The van der Waals surface area contributed by atoms with E-state index < -0.39 is 52.4 Å². The zero-order valence-electron chi connectivity index (χ0n) is 18.4. The molecule has 0 unspecified atom stereocenters. The largest absolute Gasteiger partial charge is 0.477 e. The van der Waals surface area contributed by atoms with Crippen LogP contribution in [0.2, 0.25) is 0 Å². The van der Waals surface area contributed by atoms with Crippen LogP contribution in [-0.2, 0) is 19.3 Å². The number of carbonyl (C=O) groups is 1. The van der Waals surface area contributed by atoms with E-state index in [0.717, 1.165) is 28.4 Å². The van der Waals surface area contributed by atoms with Crippen LogP contribution in [0.15, 0.2) is 52.2 Å². The highest BCUT2D eigenvalue weighted by molar-refractivity contribution is 5.87. The van der Waals surface area contributed by atoms with Gasteiger partial charge < -0.3 is 9.67 Å². The van der Waals surface area contributed by atoms with Crippen molar-refractivity contribution >= 4 is 17.0 Å². The number of aryl methyl sites for hydroxylation is 2. The number of halogens is 4. The van der Waals surface area contributed by atoms with Crippen molar-refractivity contribution in [1.82, 2.24) is 18.7 Å². The van der Waals surface area contributed by atoms with Crippen molar-refractivity contribution in [2.75, 3.05) is 0 Å². The molecule has 2 aromatic carbocycles.